The average Bonchev–Trinajstić information content (AvgIpc) is 3.76. The standard InChI is InChI=1S/C29H32F3N9O2/c1-4-33-24-11-18(26-21(15-35-39(26)3)27-37-34-17-38(27)2)12-25(36-24)41-16-22-20(28(41)42)13-19(14-23(22)29(30,31)32)43-10-9-40-7-5-6-8-40/h11-15,17H,4-10,16H2,1-3H3,(H,33,36). The second-order valence-electron chi connectivity index (χ2n) is 10.7. The third kappa shape index (κ3) is 5.54. The lowest BCUT2D eigenvalue weighted by molar-refractivity contribution is -0.138. The molecule has 6 rings (SSSR count). The highest BCUT2D eigenvalue weighted by Crippen LogP contribution is 2.42. The summed E-state index contributed by atoms with van der Waals surface area (Å²) in [5, 5.41) is 15.8. The number of carbonyl (C=O) groups excluding carboxylic acids is 1. The summed E-state index contributed by atoms with van der Waals surface area (Å²) in [5.74, 6) is 0.716. The fraction of sp³-hybridized carbons (Fsp3) is 0.414. The topological polar surface area (TPSA) is 106 Å². The maximum atomic E-state index is 14.3. The number of benzene rings is 1. The van der Waals surface area contributed by atoms with Crippen LogP contribution in [0.3, 0.4) is 0 Å². The molecule has 2 aliphatic rings. The number of ether oxygens (including phenoxy) is 1. The van der Waals surface area contributed by atoms with Crippen molar-refractivity contribution >= 4 is 17.5 Å². The number of rotatable bonds is 9. The zero-order valence-corrected chi connectivity index (χ0v) is 24.1. The molecule has 4 aromatic rings. The van der Waals surface area contributed by atoms with Gasteiger partial charge in [0, 0.05) is 38.3 Å². The van der Waals surface area contributed by atoms with Crippen molar-refractivity contribution in [3.05, 3.63) is 53.5 Å². The summed E-state index contributed by atoms with van der Waals surface area (Å²) in [5.41, 5.74) is 1.03. The van der Waals surface area contributed by atoms with E-state index in [0.29, 0.717) is 41.6 Å². The SMILES string of the molecule is CCNc1cc(-c2c(-c3nncn3C)cnn2C)cc(N2Cc3c(cc(OCCN4CCCC4)cc3C(F)(F)F)C2=O)n1. The van der Waals surface area contributed by atoms with Gasteiger partial charge in [-0.1, -0.05) is 0 Å². The number of aromatic nitrogens is 6. The molecule has 1 amide bonds. The zero-order valence-electron chi connectivity index (χ0n) is 24.1. The monoisotopic (exact) mass is 595 g/mol. The minimum Gasteiger partial charge on any atom is -0.492 e. The Morgan fingerprint density at radius 1 is 1.07 bits per heavy atom. The van der Waals surface area contributed by atoms with E-state index in [0.717, 1.165) is 32.0 Å². The van der Waals surface area contributed by atoms with E-state index in [9.17, 15) is 18.0 Å². The molecule has 1 saturated heterocycles. The lowest BCUT2D eigenvalue weighted by Gasteiger charge is -2.18. The summed E-state index contributed by atoms with van der Waals surface area (Å²) in [4.78, 5) is 21.8. The molecule has 226 valence electrons. The van der Waals surface area contributed by atoms with Crippen LogP contribution in [0.5, 0.6) is 5.75 Å². The number of likely N-dealkylation sites (tertiary alicyclic amines) is 1. The number of fused-ring (bicyclic) bond motifs is 1. The van der Waals surface area contributed by atoms with E-state index in [2.05, 4.69) is 30.5 Å². The summed E-state index contributed by atoms with van der Waals surface area (Å²) in [6.07, 6.45) is 0.794. The number of aryl methyl sites for hydroxylation is 2. The molecule has 1 N–H and O–H groups in total. The molecule has 43 heavy (non-hydrogen) atoms. The zero-order chi connectivity index (χ0) is 30.3. The second-order valence-corrected chi connectivity index (χ2v) is 10.7. The van der Waals surface area contributed by atoms with Crippen molar-refractivity contribution in [3.63, 3.8) is 0 Å². The van der Waals surface area contributed by atoms with Gasteiger partial charge in [-0.15, -0.1) is 10.2 Å². The number of carbonyl (C=O) groups is 1. The van der Waals surface area contributed by atoms with Crippen molar-refractivity contribution in [1.82, 2.24) is 34.4 Å². The Hall–Kier alpha value is -4.46. The molecule has 14 heteroatoms. The fourth-order valence-electron chi connectivity index (χ4n) is 5.74. The van der Waals surface area contributed by atoms with Crippen molar-refractivity contribution in [2.24, 2.45) is 14.1 Å². The smallest absolute Gasteiger partial charge is 0.416 e. The lowest BCUT2D eigenvalue weighted by atomic mass is 10.0. The lowest BCUT2D eigenvalue weighted by Crippen LogP contribution is -2.25. The third-order valence-electron chi connectivity index (χ3n) is 7.81. The minimum atomic E-state index is -4.67. The molecule has 3 aromatic heterocycles. The molecule has 0 saturated carbocycles. The van der Waals surface area contributed by atoms with E-state index in [1.807, 2.05) is 20.0 Å². The van der Waals surface area contributed by atoms with Gasteiger partial charge < -0.3 is 14.6 Å². The van der Waals surface area contributed by atoms with E-state index in [4.69, 9.17) is 4.74 Å². The van der Waals surface area contributed by atoms with E-state index in [-0.39, 0.29) is 35.8 Å². The van der Waals surface area contributed by atoms with Gasteiger partial charge in [0.1, 0.15) is 30.3 Å². The van der Waals surface area contributed by atoms with Crippen molar-refractivity contribution in [3.8, 4) is 28.4 Å². The Morgan fingerprint density at radius 3 is 2.56 bits per heavy atom. The summed E-state index contributed by atoms with van der Waals surface area (Å²) in [7, 11) is 3.59. The number of amides is 1. The van der Waals surface area contributed by atoms with Gasteiger partial charge in [0.05, 0.1) is 29.6 Å². The maximum absolute atomic E-state index is 14.3. The van der Waals surface area contributed by atoms with Crippen LogP contribution in [0.1, 0.15) is 41.3 Å². The minimum absolute atomic E-state index is 0.0266. The van der Waals surface area contributed by atoms with Crippen LogP contribution in [0.4, 0.5) is 24.8 Å². The number of hydrogen-bond acceptors (Lipinski definition) is 8. The Labute approximate surface area is 246 Å². The number of anilines is 2. The first kappa shape index (κ1) is 28.6. The maximum Gasteiger partial charge on any atom is 0.416 e. The van der Waals surface area contributed by atoms with E-state index in [1.54, 1.807) is 34.9 Å². The number of alkyl halides is 3. The Bertz CT molecular complexity index is 1660. The van der Waals surface area contributed by atoms with Crippen molar-refractivity contribution in [2.75, 3.05) is 43.0 Å². The second kappa shape index (κ2) is 11.3. The molecule has 2 aliphatic heterocycles. The third-order valence-corrected chi connectivity index (χ3v) is 7.81. The van der Waals surface area contributed by atoms with Crippen LogP contribution < -0.4 is 15.0 Å². The van der Waals surface area contributed by atoms with Crippen LogP contribution in [-0.4, -0.2) is 73.1 Å². The van der Waals surface area contributed by atoms with Crippen molar-refractivity contribution in [1.29, 1.82) is 0 Å². The highest BCUT2D eigenvalue weighted by atomic mass is 19.4. The number of nitrogens with zero attached hydrogens (tertiary/aromatic N) is 8. The predicted octanol–water partition coefficient (Wildman–Crippen LogP) is 4.36. The summed E-state index contributed by atoms with van der Waals surface area (Å²) in [6, 6.07) is 5.91. The fourth-order valence-corrected chi connectivity index (χ4v) is 5.74. The molecule has 1 fully saturated rings. The van der Waals surface area contributed by atoms with Crippen LogP contribution in [0.25, 0.3) is 22.6 Å². The predicted molar refractivity (Wildman–Crippen MR) is 154 cm³/mol. The molecule has 0 radical (unpaired) electrons. The molecule has 0 spiro atoms. The van der Waals surface area contributed by atoms with Gasteiger partial charge in [0.2, 0.25) is 0 Å². The van der Waals surface area contributed by atoms with Gasteiger partial charge >= 0.3 is 6.18 Å². The van der Waals surface area contributed by atoms with Gasteiger partial charge in [0.15, 0.2) is 5.82 Å². The molecular formula is C29H32F3N9O2. The Kier molecular flexibility index (Phi) is 7.54. The molecular weight excluding hydrogens is 563 g/mol. The number of halogens is 3. The van der Waals surface area contributed by atoms with Crippen LogP contribution in [-0.2, 0) is 26.8 Å². The molecule has 5 heterocycles. The summed E-state index contributed by atoms with van der Waals surface area (Å²) >= 11 is 0. The Morgan fingerprint density at radius 2 is 1.86 bits per heavy atom. The molecule has 1 aromatic carbocycles. The number of hydrogen-bond donors (Lipinski definition) is 1. The Balaban J connectivity index is 1.37. The van der Waals surface area contributed by atoms with Gasteiger partial charge in [-0.25, -0.2) is 4.98 Å². The largest absolute Gasteiger partial charge is 0.492 e. The molecule has 0 atom stereocenters. The van der Waals surface area contributed by atoms with Gasteiger partial charge in [-0.05, 0) is 62.7 Å². The van der Waals surface area contributed by atoms with Crippen LogP contribution >= 0.6 is 0 Å². The van der Waals surface area contributed by atoms with Gasteiger partial charge in [-0.2, -0.15) is 18.3 Å². The molecule has 0 aliphatic carbocycles. The van der Waals surface area contributed by atoms with Crippen molar-refractivity contribution < 1.29 is 22.7 Å². The first-order valence-electron chi connectivity index (χ1n) is 14.2. The van der Waals surface area contributed by atoms with E-state index in [1.165, 1.54) is 11.0 Å². The summed E-state index contributed by atoms with van der Waals surface area (Å²) < 4.78 is 52.0. The van der Waals surface area contributed by atoms with Gasteiger partial charge in [-0.3, -0.25) is 19.3 Å². The highest BCUT2D eigenvalue weighted by Gasteiger charge is 2.41. The van der Waals surface area contributed by atoms with Gasteiger partial charge in [0.25, 0.3) is 5.91 Å². The normalized spacial score (nSPS) is 15.4. The quantitative estimate of drug-likeness (QED) is 0.304. The highest BCUT2D eigenvalue weighted by molar-refractivity contribution is 6.10. The first-order chi connectivity index (χ1) is 20.6. The molecule has 0 bridgehead atoms. The van der Waals surface area contributed by atoms with Crippen molar-refractivity contribution in [2.45, 2.75) is 32.5 Å². The van der Waals surface area contributed by atoms with Crippen LogP contribution in [0.15, 0.2) is 36.8 Å². The van der Waals surface area contributed by atoms with Crippen LogP contribution in [0, 0.1) is 0 Å². The average molecular weight is 596 g/mol. The van der Waals surface area contributed by atoms with E-state index < -0.39 is 17.6 Å². The van der Waals surface area contributed by atoms with Crippen LogP contribution in [0.2, 0.25) is 0 Å². The number of pyridine rings is 1. The summed E-state index contributed by atoms with van der Waals surface area (Å²) in [6.45, 7) is 4.93. The first-order valence-corrected chi connectivity index (χ1v) is 14.2. The van der Waals surface area contributed by atoms with E-state index >= 15 is 0 Å². The molecule has 11 nitrogen and oxygen atoms in total. The molecule has 0 unspecified atom stereocenters. The number of nitrogens with one attached hydrogen (secondary N) is 1.